The number of hydrogen-bond donors (Lipinski definition) is 1. The molecule has 446 valence electrons. The Labute approximate surface area is 462 Å². The van der Waals surface area contributed by atoms with Crippen LogP contribution in [0.5, 0.6) is 0 Å². The second-order valence-electron chi connectivity index (χ2n) is 21.9. The average molecular weight is 1110 g/mol. The van der Waals surface area contributed by atoms with Crippen molar-refractivity contribution in [3.05, 3.63) is 24.3 Å². The number of amides is 1. The molecule has 4 aliphatic rings. The van der Waals surface area contributed by atoms with Crippen LogP contribution in [0.3, 0.4) is 0 Å². The summed E-state index contributed by atoms with van der Waals surface area (Å²) in [4.78, 5) is 93.5. The lowest BCUT2D eigenvalue weighted by Crippen LogP contribution is -2.71. The van der Waals surface area contributed by atoms with Crippen molar-refractivity contribution in [1.82, 2.24) is 10.2 Å². The molecule has 0 aromatic heterocycles. The van der Waals surface area contributed by atoms with Crippen molar-refractivity contribution in [3.63, 3.8) is 0 Å². The third-order valence-electron chi connectivity index (χ3n) is 14.8. The highest BCUT2D eigenvalue weighted by molar-refractivity contribution is 5.81. The molecule has 2 bridgehead atoms. The van der Waals surface area contributed by atoms with Crippen LogP contribution in [0.15, 0.2) is 24.3 Å². The Bertz CT molecular complexity index is 1770. The molecule has 0 aromatic carbocycles. The minimum atomic E-state index is -4.48. The molecule has 0 spiro atoms. The normalized spacial score (nSPS) is 18.4. The topological polar surface area (TPSA) is 199 Å². The zero-order valence-corrected chi connectivity index (χ0v) is 47.5. The third kappa shape index (κ3) is 27.0. The average Bonchev–Trinajstić information content (AvgIpc) is 2.79. The van der Waals surface area contributed by atoms with Gasteiger partial charge in [0, 0.05) is 45.2 Å². The van der Waals surface area contributed by atoms with Gasteiger partial charge in [0.05, 0.1) is 24.0 Å². The Morgan fingerprint density at radius 2 is 0.962 bits per heavy atom. The molecule has 1 saturated heterocycles. The molecular weight excluding hydrogens is 1020 g/mol. The highest BCUT2D eigenvalue weighted by Gasteiger charge is 2.81. The van der Waals surface area contributed by atoms with Crippen LogP contribution in [-0.2, 0) is 61.9 Å². The predicted octanol–water partition coefficient (Wildman–Crippen LogP) is 12.1. The second-order valence-corrected chi connectivity index (χ2v) is 21.9. The highest BCUT2D eigenvalue weighted by Crippen LogP contribution is 2.78. The maximum Gasteiger partial charge on any atom is 0.407 e. The van der Waals surface area contributed by atoms with Gasteiger partial charge in [0.2, 0.25) is 0 Å². The summed E-state index contributed by atoms with van der Waals surface area (Å²) in [6.45, 7) is 7.48. The second kappa shape index (κ2) is 38.1. The van der Waals surface area contributed by atoms with Gasteiger partial charge in [0.1, 0.15) is 37.9 Å². The first-order chi connectivity index (χ1) is 37.5. The lowest BCUT2D eigenvalue weighted by atomic mass is 9.35. The lowest BCUT2D eigenvalue weighted by Gasteiger charge is -2.68. The van der Waals surface area contributed by atoms with E-state index in [0.29, 0.717) is 45.2 Å². The molecule has 3 saturated carbocycles. The fraction of sp³-hybridized carbons (Fsp3) is 0.814. The van der Waals surface area contributed by atoms with Gasteiger partial charge in [-0.25, -0.2) is 4.79 Å². The number of carbonyl (C=O) groups is 7. The number of alkyl halides is 3. The Morgan fingerprint density at radius 3 is 1.44 bits per heavy atom. The number of alkyl carbamates (subject to hydrolysis) is 1. The first kappa shape index (κ1) is 67.6. The summed E-state index contributed by atoms with van der Waals surface area (Å²) in [7, 11) is 0. The van der Waals surface area contributed by atoms with Gasteiger partial charge in [-0.2, -0.15) is 13.2 Å². The van der Waals surface area contributed by atoms with Crippen molar-refractivity contribution in [3.8, 4) is 0 Å². The van der Waals surface area contributed by atoms with Crippen LogP contribution in [0, 0.1) is 16.2 Å². The van der Waals surface area contributed by atoms with Gasteiger partial charge >= 0.3 is 48.1 Å². The molecule has 1 amide bonds. The zero-order chi connectivity index (χ0) is 57.0. The van der Waals surface area contributed by atoms with E-state index in [2.05, 4.69) is 43.1 Å². The fourth-order valence-electron chi connectivity index (χ4n) is 9.90. The van der Waals surface area contributed by atoms with E-state index in [1.54, 1.807) is 0 Å². The summed E-state index contributed by atoms with van der Waals surface area (Å²) in [5.41, 5.74) is -5.01. The SMILES string of the molecule is CCCCC/C=C\CCOC(=O)CCCCC(=O)OCC(COC(=O)CCCCC(=O)OCC/C=C\CCCCC)(COC(=O)CCC(CCCCCC)OC(=O)NCCN1CCCC1)COC(=O)C12CC(C(F)(F)F)(C1)C2. The van der Waals surface area contributed by atoms with Gasteiger partial charge in [-0.15, -0.1) is 0 Å². The van der Waals surface area contributed by atoms with Crippen LogP contribution in [0.1, 0.15) is 213 Å². The molecule has 4 fully saturated rings. The van der Waals surface area contributed by atoms with Crippen LogP contribution in [-0.4, -0.2) is 125 Å². The van der Waals surface area contributed by atoms with E-state index in [9.17, 15) is 46.7 Å². The summed E-state index contributed by atoms with van der Waals surface area (Å²) in [5.74, 6) is -3.87. The Hall–Kier alpha value is -4.68. The van der Waals surface area contributed by atoms with E-state index in [1.807, 2.05) is 12.2 Å². The fourth-order valence-corrected chi connectivity index (χ4v) is 9.90. The van der Waals surface area contributed by atoms with Gasteiger partial charge in [-0.3, -0.25) is 28.8 Å². The molecule has 3 aliphatic carbocycles. The van der Waals surface area contributed by atoms with Gasteiger partial charge < -0.3 is 43.4 Å². The van der Waals surface area contributed by atoms with E-state index in [1.165, 1.54) is 0 Å². The minimum Gasteiger partial charge on any atom is -0.465 e. The van der Waals surface area contributed by atoms with Crippen LogP contribution in [0.25, 0.3) is 0 Å². The van der Waals surface area contributed by atoms with Crippen molar-refractivity contribution in [2.24, 2.45) is 16.2 Å². The first-order valence-electron chi connectivity index (χ1n) is 29.5. The summed E-state index contributed by atoms with van der Waals surface area (Å²) >= 11 is 0. The molecule has 16 nitrogen and oxygen atoms in total. The molecule has 78 heavy (non-hydrogen) atoms. The van der Waals surface area contributed by atoms with Crippen molar-refractivity contribution in [1.29, 1.82) is 0 Å². The molecule has 1 N–H and O–H groups in total. The quantitative estimate of drug-likeness (QED) is 0.0261. The number of nitrogens with one attached hydrogen (secondary N) is 1. The highest BCUT2D eigenvalue weighted by atomic mass is 19.4. The number of ether oxygens (including phenoxy) is 7. The van der Waals surface area contributed by atoms with Crippen LogP contribution >= 0.6 is 0 Å². The molecule has 1 aliphatic heterocycles. The predicted molar refractivity (Wildman–Crippen MR) is 288 cm³/mol. The van der Waals surface area contributed by atoms with E-state index in [0.717, 1.165) is 103 Å². The van der Waals surface area contributed by atoms with Crippen molar-refractivity contribution in [2.75, 3.05) is 65.8 Å². The number of likely N-dealkylation sites (tertiary alicyclic amines) is 1. The Balaban J connectivity index is 1.68. The lowest BCUT2D eigenvalue weighted by molar-refractivity contribution is -0.356. The number of nitrogens with zero attached hydrogens (tertiary/aromatic N) is 1. The summed E-state index contributed by atoms with van der Waals surface area (Å²) in [6.07, 6.45) is 18.4. The number of rotatable bonds is 45. The van der Waals surface area contributed by atoms with Gasteiger partial charge in [-0.05, 0) is 129 Å². The summed E-state index contributed by atoms with van der Waals surface area (Å²) in [6, 6.07) is 0. The molecule has 0 radical (unpaired) electrons. The molecular formula is C59H95F3N2O14. The molecule has 1 atom stereocenters. The number of hydrogen-bond acceptors (Lipinski definition) is 15. The molecule has 4 rings (SSSR count). The third-order valence-corrected chi connectivity index (χ3v) is 14.8. The summed E-state index contributed by atoms with van der Waals surface area (Å²) < 4.78 is 80.6. The monoisotopic (exact) mass is 1110 g/mol. The van der Waals surface area contributed by atoms with Crippen LogP contribution in [0.2, 0.25) is 0 Å². The Morgan fingerprint density at radius 1 is 0.526 bits per heavy atom. The van der Waals surface area contributed by atoms with Gasteiger partial charge in [-0.1, -0.05) is 90.0 Å². The van der Waals surface area contributed by atoms with Crippen molar-refractivity contribution in [2.45, 2.75) is 226 Å². The first-order valence-corrected chi connectivity index (χ1v) is 29.5. The molecule has 1 heterocycles. The van der Waals surface area contributed by atoms with E-state index in [4.69, 9.17) is 33.2 Å². The number of halogens is 3. The number of unbranched alkanes of at least 4 members (excludes halogenated alkanes) is 11. The van der Waals surface area contributed by atoms with Crippen molar-refractivity contribution < 1.29 is 79.9 Å². The summed E-state index contributed by atoms with van der Waals surface area (Å²) in [5, 5.41) is 2.81. The maximum atomic E-state index is 13.8. The number of esters is 6. The molecule has 19 heteroatoms. The largest absolute Gasteiger partial charge is 0.465 e. The maximum absolute atomic E-state index is 13.8. The minimum absolute atomic E-state index is 0.0722. The van der Waals surface area contributed by atoms with E-state index >= 15 is 0 Å². The van der Waals surface area contributed by atoms with Crippen molar-refractivity contribution >= 4 is 41.9 Å². The number of allylic oxidation sites excluding steroid dienone is 2. The number of carbonyl (C=O) groups excluding carboxylic acids is 7. The zero-order valence-electron chi connectivity index (χ0n) is 47.5. The van der Waals surface area contributed by atoms with Crippen LogP contribution < -0.4 is 5.32 Å². The van der Waals surface area contributed by atoms with Gasteiger partial charge in [0.25, 0.3) is 0 Å². The smallest absolute Gasteiger partial charge is 0.407 e. The standard InChI is InChI=1S/C59H95F3N2O14/c1-4-7-10-13-15-17-26-39-72-49(65)29-20-22-31-51(67)74-44-56(47-77-54(70)57-41-58(42-57,43-57)59(60,61)62,45-75-52(68)32-23-21-30-50(66)73-40-27-18-16-14-11-8-5-2)46-76-53(69)34-33-48(28-19-12-9-6-3)78-55(71)63-35-38-64-36-24-25-37-64/h15-18,48H,4-14,19-47H2,1-3H3,(H,63,71)/b17-15-,18-16-. The molecule has 1 unspecified atom stereocenters. The van der Waals surface area contributed by atoms with Crippen LogP contribution in [0.4, 0.5) is 18.0 Å². The molecule has 0 aromatic rings. The van der Waals surface area contributed by atoms with E-state index in [-0.39, 0.29) is 64.6 Å². The van der Waals surface area contributed by atoms with E-state index < -0.39 is 116 Å². The van der Waals surface area contributed by atoms with Gasteiger partial charge in [0.15, 0.2) is 0 Å². The Kier molecular flexibility index (Phi) is 33.0.